The van der Waals surface area contributed by atoms with E-state index in [9.17, 15) is 9.59 Å². The summed E-state index contributed by atoms with van der Waals surface area (Å²) >= 11 is 0. The van der Waals surface area contributed by atoms with Crippen molar-refractivity contribution in [1.29, 1.82) is 0 Å². The number of hydrogen-bond donors (Lipinski definition) is 2. The second-order valence-corrected chi connectivity index (χ2v) is 8.86. The van der Waals surface area contributed by atoms with Crippen molar-refractivity contribution in [3.8, 4) is 0 Å². The molecule has 1 amide bonds. The van der Waals surface area contributed by atoms with Gasteiger partial charge in [-0.15, -0.1) is 0 Å². The van der Waals surface area contributed by atoms with Crippen LogP contribution in [0.3, 0.4) is 0 Å². The Bertz CT molecular complexity index is 1150. The van der Waals surface area contributed by atoms with Crippen LogP contribution in [0.1, 0.15) is 62.4 Å². The van der Waals surface area contributed by atoms with E-state index in [1.54, 1.807) is 13.0 Å². The van der Waals surface area contributed by atoms with Gasteiger partial charge >= 0.3 is 0 Å². The Labute approximate surface area is 213 Å². The monoisotopic (exact) mass is 490 g/mol. The van der Waals surface area contributed by atoms with E-state index in [4.69, 9.17) is 10.5 Å². The van der Waals surface area contributed by atoms with E-state index in [2.05, 4.69) is 28.5 Å². The molecule has 192 valence electrons. The van der Waals surface area contributed by atoms with Crippen molar-refractivity contribution >= 4 is 17.7 Å². The van der Waals surface area contributed by atoms with Crippen LogP contribution in [0.2, 0.25) is 0 Å². The van der Waals surface area contributed by atoms with Crippen LogP contribution in [0.5, 0.6) is 0 Å². The summed E-state index contributed by atoms with van der Waals surface area (Å²) < 4.78 is 6.64. The van der Waals surface area contributed by atoms with E-state index in [0.717, 1.165) is 50.2 Å². The molecule has 3 N–H and O–H groups in total. The highest BCUT2D eigenvalue weighted by Gasteiger charge is 2.20. The zero-order chi connectivity index (χ0) is 25.8. The summed E-state index contributed by atoms with van der Waals surface area (Å²) in [7, 11) is 0. The molecule has 0 bridgehead atoms. The number of anilines is 1. The fraction of sp³-hybridized carbons (Fsp3) is 0.414. The van der Waals surface area contributed by atoms with E-state index >= 15 is 0 Å². The van der Waals surface area contributed by atoms with Gasteiger partial charge in [-0.2, -0.15) is 0 Å². The lowest BCUT2D eigenvalue weighted by Crippen LogP contribution is -2.33. The molecule has 0 radical (unpaired) electrons. The number of aryl methyl sites for hydroxylation is 1. The van der Waals surface area contributed by atoms with Crippen molar-refractivity contribution in [2.75, 3.05) is 25.1 Å². The highest BCUT2D eigenvalue weighted by Crippen LogP contribution is 2.16. The van der Waals surface area contributed by atoms with Crippen LogP contribution in [0.15, 0.2) is 65.3 Å². The smallest absolute Gasteiger partial charge is 0.261 e. The van der Waals surface area contributed by atoms with Gasteiger partial charge in [0.1, 0.15) is 6.04 Å². The fourth-order valence-electron chi connectivity index (χ4n) is 4.06. The van der Waals surface area contributed by atoms with Crippen LogP contribution >= 0.6 is 0 Å². The topological polar surface area (TPSA) is 99.2 Å². The normalized spacial score (nSPS) is 14.8. The molecule has 2 aliphatic rings. The first-order valence-corrected chi connectivity index (χ1v) is 12.8. The number of nitrogens with two attached hydrogens (primary N) is 1. The first kappa shape index (κ1) is 27.3. The quantitative estimate of drug-likeness (QED) is 0.501. The van der Waals surface area contributed by atoms with Crippen molar-refractivity contribution in [2.24, 2.45) is 5.73 Å². The summed E-state index contributed by atoms with van der Waals surface area (Å²) in [6, 6.07) is 6.90. The standard InChI is InChI=1S/C19H22N4O2.C10H16O/c1-13(18(24)22-15-8-6-14(7-9-15)10-11-20)23-12-21-17-5-3-2-4-16(17)19(23)25;1-2-11-9-8-10-6-4-3-5-7-10/h2,4,6-9,12-13H,3,5,10-11,20H2,1H3,(H,22,24);4,6-7H,2-3,5,8-9H2,1H3. The van der Waals surface area contributed by atoms with Gasteiger partial charge in [0, 0.05) is 12.3 Å². The maximum atomic E-state index is 12.6. The maximum absolute atomic E-state index is 12.6. The lowest BCUT2D eigenvalue weighted by atomic mass is 10.0. The summed E-state index contributed by atoms with van der Waals surface area (Å²) in [5, 5.41) is 2.84. The number of amides is 1. The third-order valence-corrected chi connectivity index (χ3v) is 6.21. The van der Waals surface area contributed by atoms with Gasteiger partial charge in [0.05, 0.1) is 24.2 Å². The summed E-state index contributed by atoms with van der Waals surface area (Å²) in [5.74, 6) is -0.254. The van der Waals surface area contributed by atoms with Gasteiger partial charge in [-0.1, -0.05) is 48.1 Å². The van der Waals surface area contributed by atoms with E-state index in [1.165, 1.54) is 29.3 Å². The van der Waals surface area contributed by atoms with Gasteiger partial charge < -0.3 is 15.8 Å². The number of benzene rings is 1. The average Bonchev–Trinajstić information content (AvgIpc) is 2.91. The Morgan fingerprint density at radius 1 is 1.14 bits per heavy atom. The molecule has 1 aromatic heterocycles. The molecule has 7 nitrogen and oxygen atoms in total. The molecule has 1 heterocycles. The molecular weight excluding hydrogens is 452 g/mol. The molecule has 0 fully saturated rings. The van der Waals surface area contributed by atoms with Crippen LogP contribution in [0.25, 0.3) is 6.08 Å². The number of allylic oxidation sites excluding steroid dienone is 4. The van der Waals surface area contributed by atoms with Crippen molar-refractivity contribution < 1.29 is 9.53 Å². The van der Waals surface area contributed by atoms with Crippen molar-refractivity contribution in [1.82, 2.24) is 9.55 Å². The Morgan fingerprint density at radius 2 is 1.92 bits per heavy atom. The molecule has 0 saturated heterocycles. The van der Waals surface area contributed by atoms with Crippen LogP contribution < -0.4 is 16.6 Å². The molecular formula is C29H38N4O3. The van der Waals surface area contributed by atoms with E-state index < -0.39 is 6.04 Å². The molecule has 2 aliphatic carbocycles. The van der Waals surface area contributed by atoms with Crippen LogP contribution in [0.4, 0.5) is 5.69 Å². The van der Waals surface area contributed by atoms with Gasteiger partial charge in [0.2, 0.25) is 5.91 Å². The number of rotatable bonds is 9. The largest absolute Gasteiger partial charge is 0.381 e. The molecule has 1 aromatic carbocycles. The molecule has 36 heavy (non-hydrogen) atoms. The number of ether oxygens (including phenoxy) is 1. The van der Waals surface area contributed by atoms with Crippen LogP contribution in [0, 0.1) is 0 Å². The predicted molar refractivity (Wildman–Crippen MR) is 146 cm³/mol. The highest BCUT2D eigenvalue weighted by atomic mass is 16.5. The fourth-order valence-corrected chi connectivity index (χ4v) is 4.06. The highest BCUT2D eigenvalue weighted by molar-refractivity contribution is 5.93. The van der Waals surface area contributed by atoms with E-state index in [1.807, 2.05) is 37.3 Å². The number of fused-ring (bicyclic) bond motifs is 1. The Kier molecular flexibility index (Phi) is 10.9. The number of carbonyl (C=O) groups is 1. The lowest BCUT2D eigenvalue weighted by molar-refractivity contribution is -0.118. The van der Waals surface area contributed by atoms with Crippen molar-refractivity contribution in [3.05, 3.63) is 87.6 Å². The van der Waals surface area contributed by atoms with Gasteiger partial charge in [-0.3, -0.25) is 14.2 Å². The zero-order valence-corrected chi connectivity index (χ0v) is 21.4. The molecule has 0 spiro atoms. The molecule has 7 heteroatoms. The second-order valence-electron chi connectivity index (χ2n) is 8.86. The van der Waals surface area contributed by atoms with Crippen molar-refractivity contribution in [3.63, 3.8) is 0 Å². The van der Waals surface area contributed by atoms with E-state index in [-0.39, 0.29) is 11.5 Å². The summed E-state index contributed by atoms with van der Waals surface area (Å²) in [4.78, 5) is 29.5. The molecule has 4 rings (SSSR count). The van der Waals surface area contributed by atoms with E-state index in [0.29, 0.717) is 17.8 Å². The summed E-state index contributed by atoms with van der Waals surface area (Å²) in [6.45, 7) is 6.01. The number of carbonyl (C=O) groups excluding carboxylic acids is 1. The average molecular weight is 491 g/mol. The van der Waals surface area contributed by atoms with Crippen LogP contribution in [-0.2, 0) is 22.4 Å². The van der Waals surface area contributed by atoms with Crippen molar-refractivity contribution in [2.45, 2.75) is 58.4 Å². The SMILES string of the molecule is CC(C(=O)Nc1ccc(CCN)cc1)n1cnc2c(c1=O)C=CCC2.CCOCCC1=CCCC=C1. The zero-order valence-electron chi connectivity index (χ0n) is 21.4. The Balaban J connectivity index is 0.000000275. The third kappa shape index (κ3) is 7.86. The number of nitrogens with one attached hydrogen (secondary N) is 1. The Morgan fingerprint density at radius 3 is 2.61 bits per heavy atom. The minimum absolute atomic E-state index is 0.179. The second kappa shape index (κ2) is 14.3. The van der Waals surface area contributed by atoms with Crippen LogP contribution in [-0.4, -0.2) is 35.2 Å². The van der Waals surface area contributed by atoms with Gasteiger partial charge in [-0.25, -0.2) is 4.98 Å². The summed E-state index contributed by atoms with van der Waals surface area (Å²) in [6.07, 6.45) is 17.9. The first-order chi connectivity index (χ1) is 17.5. The molecule has 0 aliphatic heterocycles. The molecule has 2 aromatic rings. The first-order valence-electron chi connectivity index (χ1n) is 12.8. The predicted octanol–water partition coefficient (Wildman–Crippen LogP) is 4.59. The summed E-state index contributed by atoms with van der Waals surface area (Å²) in [5.41, 5.74) is 9.98. The van der Waals surface area contributed by atoms with Gasteiger partial charge in [0.15, 0.2) is 0 Å². The molecule has 0 saturated carbocycles. The minimum Gasteiger partial charge on any atom is -0.381 e. The molecule has 1 unspecified atom stereocenters. The third-order valence-electron chi connectivity index (χ3n) is 6.21. The van der Waals surface area contributed by atoms with Gasteiger partial charge in [0.25, 0.3) is 5.56 Å². The minimum atomic E-state index is -0.649. The molecule has 1 atom stereocenters. The van der Waals surface area contributed by atoms with Gasteiger partial charge in [-0.05, 0) is 76.6 Å². The lowest BCUT2D eigenvalue weighted by Gasteiger charge is -2.17. The maximum Gasteiger partial charge on any atom is 0.261 e. The number of nitrogens with zero attached hydrogens (tertiary/aromatic N) is 2. The number of hydrogen-bond acceptors (Lipinski definition) is 5. The number of aromatic nitrogens is 2. The Hall–Kier alpha value is -3.29.